The number of nitrogens with one attached hydrogen (secondary N) is 1. The molecule has 0 atom stereocenters. The standard InChI is InChI=1S/C19H16BrNO4/c1-13(22)21-17-9-5-15(6-10-17)18(23)12-25-19(24)11-4-14-2-7-16(20)8-3-14/h2-11H,12H2,1H3,(H,21,22)/b11-4+. The van der Waals surface area contributed by atoms with Crippen molar-refractivity contribution in [1.82, 2.24) is 0 Å². The molecule has 5 nitrogen and oxygen atoms in total. The van der Waals surface area contributed by atoms with Crippen LogP contribution in [0.5, 0.6) is 0 Å². The van der Waals surface area contributed by atoms with Crippen molar-refractivity contribution >= 4 is 45.4 Å². The van der Waals surface area contributed by atoms with Gasteiger partial charge in [0.25, 0.3) is 0 Å². The van der Waals surface area contributed by atoms with E-state index in [1.54, 1.807) is 30.3 Å². The van der Waals surface area contributed by atoms with Crippen LogP contribution in [0.15, 0.2) is 59.1 Å². The first kappa shape index (κ1) is 18.6. The molecule has 0 aliphatic carbocycles. The SMILES string of the molecule is CC(=O)Nc1ccc(C(=O)COC(=O)/C=C/c2ccc(Br)cc2)cc1. The Balaban J connectivity index is 1.85. The molecule has 0 aliphatic heterocycles. The van der Waals surface area contributed by atoms with E-state index in [1.807, 2.05) is 24.3 Å². The van der Waals surface area contributed by atoms with E-state index in [2.05, 4.69) is 21.2 Å². The van der Waals surface area contributed by atoms with E-state index in [9.17, 15) is 14.4 Å². The molecule has 0 aromatic heterocycles. The van der Waals surface area contributed by atoms with Crippen LogP contribution in [-0.2, 0) is 14.3 Å². The zero-order valence-electron chi connectivity index (χ0n) is 13.5. The Kier molecular flexibility index (Phi) is 6.65. The molecule has 2 aromatic rings. The van der Waals surface area contributed by atoms with Crippen LogP contribution in [0.25, 0.3) is 6.08 Å². The summed E-state index contributed by atoms with van der Waals surface area (Å²) < 4.78 is 5.89. The number of halogens is 1. The van der Waals surface area contributed by atoms with Crippen molar-refractivity contribution in [2.75, 3.05) is 11.9 Å². The zero-order chi connectivity index (χ0) is 18.2. The number of carbonyl (C=O) groups is 3. The first-order valence-corrected chi connectivity index (χ1v) is 8.24. The van der Waals surface area contributed by atoms with Gasteiger partial charge in [-0.25, -0.2) is 4.79 Å². The van der Waals surface area contributed by atoms with E-state index in [0.29, 0.717) is 11.3 Å². The average Bonchev–Trinajstić information content (AvgIpc) is 2.59. The minimum Gasteiger partial charge on any atom is -0.454 e. The van der Waals surface area contributed by atoms with Crippen molar-refractivity contribution in [3.05, 3.63) is 70.2 Å². The monoisotopic (exact) mass is 401 g/mol. The minimum absolute atomic E-state index is 0.189. The van der Waals surface area contributed by atoms with E-state index in [-0.39, 0.29) is 18.3 Å². The van der Waals surface area contributed by atoms with Gasteiger partial charge in [-0.2, -0.15) is 0 Å². The third kappa shape index (κ3) is 6.35. The maximum Gasteiger partial charge on any atom is 0.331 e. The van der Waals surface area contributed by atoms with Crippen LogP contribution < -0.4 is 5.32 Å². The van der Waals surface area contributed by atoms with Crippen LogP contribution >= 0.6 is 15.9 Å². The fourth-order valence-electron chi connectivity index (χ4n) is 1.95. The molecular formula is C19H16BrNO4. The van der Waals surface area contributed by atoms with Crippen LogP contribution in [0.3, 0.4) is 0 Å². The van der Waals surface area contributed by atoms with Crippen molar-refractivity contribution in [3.63, 3.8) is 0 Å². The number of esters is 1. The van der Waals surface area contributed by atoms with Gasteiger partial charge in [-0.3, -0.25) is 9.59 Å². The summed E-state index contributed by atoms with van der Waals surface area (Å²) in [6, 6.07) is 13.8. The van der Waals surface area contributed by atoms with Crippen molar-refractivity contribution in [2.24, 2.45) is 0 Å². The van der Waals surface area contributed by atoms with Gasteiger partial charge in [0.05, 0.1) is 0 Å². The molecule has 2 rings (SSSR count). The smallest absolute Gasteiger partial charge is 0.331 e. The predicted octanol–water partition coefficient (Wildman–Crippen LogP) is 3.85. The summed E-state index contributed by atoms with van der Waals surface area (Å²) >= 11 is 3.33. The second kappa shape index (κ2) is 8.94. The molecule has 1 amide bonds. The molecule has 0 heterocycles. The molecule has 0 fully saturated rings. The molecule has 0 radical (unpaired) electrons. The second-order valence-corrected chi connectivity index (χ2v) is 6.09. The third-order valence-electron chi connectivity index (χ3n) is 3.15. The summed E-state index contributed by atoms with van der Waals surface area (Å²) in [4.78, 5) is 34.6. The molecule has 0 saturated heterocycles. The van der Waals surface area contributed by atoms with Crippen molar-refractivity contribution in [2.45, 2.75) is 6.92 Å². The molecule has 0 aliphatic rings. The van der Waals surface area contributed by atoms with Gasteiger partial charge in [-0.05, 0) is 48.0 Å². The number of carbonyl (C=O) groups excluding carboxylic acids is 3. The largest absolute Gasteiger partial charge is 0.454 e. The quantitative estimate of drug-likeness (QED) is 0.453. The van der Waals surface area contributed by atoms with Gasteiger partial charge in [0.1, 0.15) is 0 Å². The predicted molar refractivity (Wildman–Crippen MR) is 99.2 cm³/mol. The average molecular weight is 402 g/mol. The summed E-state index contributed by atoms with van der Waals surface area (Å²) in [6.45, 7) is 1.06. The highest BCUT2D eigenvalue weighted by Gasteiger charge is 2.08. The lowest BCUT2D eigenvalue weighted by atomic mass is 10.1. The molecule has 0 unspecified atom stereocenters. The summed E-state index contributed by atoms with van der Waals surface area (Å²) in [7, 11) is 0. The lowest BCUT2D eigenvalue weighted by Crippen LogP contribution is -2.13. The van der Waals surface area contributed by atoms with E-state index in [1.165, 1.54) is 13.0 Å². The summed E-state index contributed by atoms with van der Waals surface area (Å²) in [5.41, 5.74) is 1.84. The fraction of sp³-hybridized carbons (Fsp3) is 0.105. The molecule has 0 bridgehead atoms. The second-order valence-electron chi connectivity index (χ2n) is 5.17. The molecule has 25 heavy (non-hydrogen) atoms. The van der Waals surface area contributed by atoms with Gasteiger partial charge in [-0.1, -0.05) is 28.1 Å². The van der Waals surface area contributed by atoms with E-state index >= 15 is 0 Å². The molecule has 0 saturated carbocycles. The van der Waals surface area contributed by atoms with E-state index in [0.717, 1.165) is 10.0 Å². The maximum atomic E-state index is 12.0. The number of ketones is 1. The Morgan fingerprint density at radius 1 is 1.04 bits per heavy atom. The number of amides is 1. The first-order valence-electron chi connectivity index (χ1n) is 7.45. The molecular weight excluding hydrogens is 386 g/mol. The molecule has 6 heteroatoms. The zero-order valence-corrected chi connectivity index (χ0v) is 15.1. The van der Waals surface area contributed by atoms with Gasteiger partial charge in [0, 0.05) is 28.7 Å². The van der Waals surface area contributed by atoms with Crippen LogP contribution in [0.1, 0.15) is 22.8 Å². The van der Waals surface area contributed by atoms with Crippen LogP contribution in [-0.4, -0.2) is 24.3 Å². The molecule has 128 valence electrons. The Labute approximate surface area is 153 Å². The van der Waals surface area contributed by atoms with Crippen molar-refractivity contribution in [1.29, 1.82) is 0 Å². The van der Waals surface area contributed by atoms with Crippen molar-refractivity contribution in [3.8, 4) is 0 Å². The maximum absolute atomic E-state index is 12.0. The number of benzene rings is 2. The van der Waals surface area contributed by atoms with Crippen LogP contribution in [0.4, 0.5) is 5.69 Å². The molecule has 0 spiro atoms. The van der Waals surface area contributed by atoms with Gasteiger partial charge in [-0.15, -0.1) is 0 Å². The number of hydrogen-bond donors (Lipinski definition) is 1. The van der Waals surface area contributed by atoms with Gasteiger partial charge in [0.15, 0.2) is 12.4 Å². The van der Waals surface area contributed by atoms with Gasteiger partial charge >= 0.3 is 5.97 Å². The van der Waals surface area contributed by atoms with Gasteiger partial charge in [0.2, 0.25) is 5.91 Å². The highest BCUT2D eigenvalue weighted by molar-refractivity contribution is 9.10. The number of anilines is 1. The highest BCUT2D eigenvalue weighted by atomic mass is 79.9. The molecule has 2 aromatic carbocycles. The van der Waals surface area contributed by atoms with E-state index < -0.39 is 5.97 Å². The Bertz CT molecular complexity index is 795. The Morgan fingerprint density at radius 3 is 2.28 bits per heavy atom. The lowest BCUT2D eigenvalue weighted by Gasteiger charge is -2.04. The van der Waals surface area contributed by atoms with Gasteiger partial charge < -0.3 is 10.1 Å². The Hall–Kier alpha value is -2.73. The summed E-state index contributed by atoms with van der Waals surface area (Å²) in [6.07, 6.45) is 2.89. The van der Waals surface area contributed by atoms with Crippen molar-refractivity contribution < 1.29 is 19.1 Å². The third-order valence-corrected chi connectivity index (χ3v) is 3.68. The Morgan fingerprint density at radius 2 is 1.68 bits per heavy atom. The van der Waals surface area contributed by atoms with E-state index in [4.69, 9.17) is 4.74 Å². The number of hydrogen-bond acceptors (Lipinski definition) is 4. The minimum atomic E-state index is -0.592. The topological polar surface area (TPSA) is 72.5 Å². The normalized spacial score (nSPS) is 10.5. The highest BCUT2D eigenvalue weighted by Crippen LogP contribution is 2.12. The number of ether oxygens (including phenoxy) is 1. The number of rotatable bonds is 6. The van der Waals surface area contributed by atoms with Crippen LogP contribution in [0.2, 0.25) is 0 Å². The summed E-state index contributed by atoms with van der Waals surface area (Å²) in [5.74, 6) is -1.10. The first-order chi connectivity index (χ1) is 11.9. The molecule has 1 N–H and O–H groups in total. The fourth-order valence-corrected chi connectivity index (χ4v) is 2.21. The lowest BCUT2D eigenvalue weighted by molar-refractivity contribution is -0.136. The summed E-state index contributed by atoms with van der Waals surface area (Å²) in [5, 5.41) is 2.61. The van der Waals surface area contributed by atoms with Crippen LogP contribution in [0, 0.1) is 0 Å². The number of Topliss-reactive ketones (excluding diaryl/α,β-unsaturated/α-hetero) is 1.